The van der Waals surface area contributed by atoms with Crippen molar-refractivity contribution >= 4 is 5.91 Å². The second-order valence-corrected chi connectivity index (χ2v) is 5.80. The zero-order valence-electron chi connectivity index (χ0n) is 12.5. The standard InChI is InChI=1S/C17H21N3O2/c21-12-14-5-1-2-6-15(14)19-17(22)13-7-8-16(18-11-13)20-9-3-4-10-20/h3-4,7-11,14-15,21H,1-2,5-6,12H2,(H,19,22). The lowest BCUT2D eigenvalue weighted by atomic mass is 9.85. The lowest BCUT2D eigenvalue weighted by Crippen LogP contribution is -2.43. The van der Waals surface area contributed by atoms with Crippen molar-refractivity contribution in [3.8, 4) is 5.82 Å². The molecule has 2 aromatic rings. The molecule has 116 valence electrons. The molecule has 1 amide bonds. The quantitative estimate of drug-likeness (QED) is 0.909. The number of amides is 1. The smallest absolute Gasteiger partial charge is 0.253 e. The van der Waals surface area contributed by atoms with Gasteiger partial charge in [0.25, 0.3) is 5.91 Å². The highest BCUT2D eigenvalue weighted by Crippen LogP contribution is 2.24. The molecule has 22 heavy (non-hydrogen) atoms. The highest BCUT2D eigenvalue weighted by molar-refractivity contribution is 5.94. The van der Waals surface area contributed by atoms with Gasteiger partial charge in [-0.25, -0.2) is 4.98 Å². The van der Waals surface area contributed by atoms with E-state index >= 15 is 0 Å². The molecule has 2 atom stereocenters. The molecule has 2 unspecified atom stereocenters. The van der Waals surface area contributed by atoms with Crippen LogP contribution in [0.3, 0.4) is 0 Å². The first kappa shape index (κ1) is 14.8. The molecule has 0 spiro atoms. The largest absolute Gasteiger partial charge is 0.396 e. The van der Waals surface area contributed by atoms with Crippen LogP contribution < -0.4 is 5.32 Å². The maximum Gasteiger partial charge on any atom is 0.253 e. The molecule has 0 aliphatic heterocycles. The van der Waals surface area contributed by atoms with E-state index < -0.39 is 0 Å². The molecule has 2 N–H and O–H groups in total. The van der Waals surface area contributed by atoms with E-state index in [1.807, 2.05) is 35.2 Å². The average molecular weight is 299 g/mol. The molecule has 0 bridgehead atoms. The van der Waals surface area contributed by atoms with Crippen molar-refractivity contribution < 1.29 is 9.90 Å². The Bertz CT molecular complexity index is 607. The summed E-state index contributed by atoms with van der Waals surface area (Å²) < 4.78 is 1.89. The van der Waals surface area contributed by atoms with E-state index in [-0.39, 0.29) is 24.5 Å². The first-order valence-corrected chi connectivity index (χ1v) is 7.79. The molecule has 1 aliphatic carbocycles. The second-order valence-electron chi connectivity index (χ2n) is 5.80. The second kappa shape index (κ2) is 6.75. The summed E-state index contributed by atoms with van der Waals surface area (Å²) in [7, 11) is 0. The van der Waals surface area contributed by atoms with Gasteiger partial charge in [0.2, 0.25) is 0 Å². The van der Waals surface area contributed by atoms with Crippen molar-refractivity contribution in [2.75, 3.05) is 6.61 Å². The van der Waals surface area contributed by atoms with Crippen LogP contribution in [-0.4, -0.2) is 33.2 Å². The zero-order chi connectivity index (χ0) is 15.4. The Morgan fingerprint density at radius 3 is 2.73 bits per heavy atom. The fourth-order valence-electron chi connectivity index (χ4n) is 3.03. The number of pyridine rings is 1. The van der Waals surface area contributed by atoms with Gasteiger partial charge in [0, 0.05) is 37.2 Å². The number of aliphatic hydroxyl groups excluding tert-OH is 1. The molecule has 1 aliphatic rings. The normalized spacial score (nSPS) is 21.5. The molecule has 5 heteroatoms. The highest BCUT2D eigenvalue weighted by Gasteiger charge is 2.26. The SMILES string of the molecule is O=C(NC1CCCCC1CO)c1ccc(-n2cccc2)nc1. The third kappa shape index (κ3) is 3.20. The number of hydrogen-bond donors (Lipinski definition) is 2. The third-order valence-electron chi connectivity index (χ3n) is 4.34. The molecule has 0 aromatic carbocycles. The van der Waals surface area contributed by atoms with E-state index in [0.717, 1.165) is 31.5 Å². The van der Waals surface area contributed by atoms with Gasteiger partial charge in [-0.05, 0) is 37.1 Å². The molecular formula is C17H21N3O2. The lowest BCUT2D eigenvalue weighted by Gasteiger charge is -2.30. The van der Waals surface area contributed by atoms with Crippen molar-refractivity contribution in [3.05, 3.63) is 48.4 Å². The number of aromatic nitrogens is 2. The Balaban J connectivity index is 1.67. The zero-order valence-corrected chi connectivity index (χ0v) is 12.5. The average Bonchev–Trinajstić information content (AvgIpc) is 3.10. The summed E-state index contributed by atoms with van der Waals surface area (Å²) in [5.74, 6) is 0.842. The van der Waals surface area contributed by atoms with Gasteiger partial charge in [0.05, 0.1) is 5.56 Å². The molecule has 1 fully saturated rings. The lowest BCUT2D eigenvalue weighted by molar-refractivity contribution is 0.0872. The summed E-state index contributed by atoms with van der Waals surface area (Å²) in [5, 5.41) is 12.5. The Hall–Kier alpha value is -2.14. The highest BCUT2D eigenvalue weighted by atomic mass is 16.3. The van der Waals surface area contributed by atoms with Crippen LogP contribution in [-0.2, 0) is 0 Å². The van der Waals surface area contributed by atoms with E-state index in [9.17, 15) is 9.90 Å². The van der Waals surface area contributed by atoms with Crippen molar-refractivity contribution in [1.29, 1.82) is 0 Å². The van der Waals surface area contributed by atoms with Gasteiger partial charge in [-0.15, -0.1) is 0 Å². The van der Waals surface area contributed by atoms with Gasteiger partial charge in [0.15, 0.2) is 0 Å². The molecule has 1 saturated carbocycles. The number of nitrogens with one attached hydrogen (secondary N) is 1. The summed E-state index contributed by atoms with van der Waals surface area (Å²) in [6.07, 6.45) is 9.57. The molecule has 0 radical (unpaired) electrons. The Labute approximate surface area is 130 Å². The Morgan fingerprint density at radius 2 is 2.05 bits per heavy atom. The summed E-state index contributed by atoms with van der Waals surface area (Å²) in [6.45, 7) is 0.135. The van der Waals surface area contributed by atoms with Crippen LogP contribution in [0.4, 0.5) is 0 Å². The summed E-state index contributed by atoms with van der Waals surface area (Å²) in [5.41, 5.74) is 0.554. The predicted molar refractivity (Wildman–Crippen MR) is 83.9 cm³/mol. The monoisotopic (exact) mass is 299 g/mol. The first-order valence-electron chi connectivity index (χ1n) is 7.79. The fourth-order valence-corrected chi connectivity index (χ4v) is 3.03. The fraction of sp³-hybridized carbons (Fsp3) is 0.412. The number of nitrogens with zero attached hydrogens (tertiary/aromatic N) is 2. The topological polar surface area (TPSA) is 67.2 Å². The van der Waals surface area contributed by atoms with E-state index in [0.29, 0.717) is 5.56 Å². The van der Waals surface area contributed by atoms with Gasteiger partial charge < -0.3 is 15.0 Å². The van der Waals surface area contributed by atoms with Crippen LogP contribution in [0.25, 0.3) is 5.82 Å². The van der Waals surface area contributed by atoms with Gasteiger partial charge in [-0.2, -0.15) is 0 Å². The number of hydrogen-bond acceptors (Lipinski definition) is 3. The van der Waals surface area contributed by atoms with Gasteiger partial charge in [0.1, 0.15) is 5.82 Å². The molecular weight excluding hydrogens is 278 g/mol. The van der Waals surface area contributed by atoms with Gasteiger partial charge in [-0.3, -0.25) is 4.79 Å². The molecule has 5 nitrogen and oxygen atoms in total. The van der Waals surface area contributed by atoms with Crippen LogP contribution in [0.1, 0.15) is 36.0 Å². The molecule has 2 aromatic heterocycles. The van der Waals surface area contributed by atoms with E-state index in [2.05, 4.69) is 10.3 Å². The molecule has 0 saturated heterocycles. The van der Waals surface area contributed by atoms with Crippen molar-refractivity contribution in [1.82, 2.24) is 14.9 Å². The minimum absolute atomic E-state index is 0.0652. The third-order valence-corrected chi connectivity index (χ3v) is 4.34. The maximum absolute atomic E-state index is 12.3. The minimum Gasteiger partial charge on any atom is -0.396 e. The Kier molecular flexibility index (Phi) is 4.53. The summed E-state index contributed by atoms with van der Waals surface area (Å²) >= 11 is 0. The van der Waals surface area contributed by atoms with Crippen LogP contribution in [0.2, 0.25) is 0 Å². The summed E-state index contributed by atoms with van der Waals surface area (Å²) in [4.78, 5) is 16.7. The van der Waals surface area contributed by atoms with Gasteiger partial charge >= 0.3 is 0 Å². The molecule has 2 heterocycles. The number of aliphatic hydroxyl groups is 1. The van der Waals surface area contributed by atoms with Crippen LogP contribution in [0, 0.1) is 5.92 Å². The number of rotatable bonds is 4. The van der Waals surface area contributed by atoms with E-state index in [4.69, 9.17) is 0 Å². The first-order chi connectivity index (χ1) is 10.8. The van der Waals surface area contributed by atoms with Crippen LogP contribution in [0.15, 0.2) is 42.9 Å². The maximum atomic E-state index is 12.3. The van der Waals surface area contributed by atoms with E-state index in [1.165, 1.54) is 0 Å². The van der Waals surface area contributed by atoms with Crippen LogP contribution >= 0.6 is 0 Å². The predicted octanol–water partition coefficient (Wildman–Crippen LogP) is 2.15. The van der Waals surface area contributed by atoms with Crippen molar-refractivity contribution in [2.24, 2.45) is 5.92 Å². The summed E-state index contributed by atoms with van der Waals surface area (Å²) in [6, 6.07) is 7.55. The molecule has 3 rings (SSSR count). The van der Waals surface area contributed by atoms with Crippen LogP contribution in [0.5, 0.6) is 0 Å². The minimum atomic E-state index is -0.114. The number of carbonyl (C=O) groups excluding carboxylic acids is 1. The van der Waals surface area contributed by atoms with Crippen molar-refractivity contribution in [3.63, 3.8) is 0 Å². The Morgan fingerprint density at radius 1 is 1.27 bits per heavy atom. The van der Waals surface area contributed by atoms with Crippen molar-refractivity contribution in [2.45, 2.75) is 31.7 Å². The van der Waals surface area contributed by atoms with E-state index in [1.54, 1.807) is 12.3 Å². The number of carbonyl (C=O) groups is 1. The van der Waals surface area contributed by atoms with Gasteiger partial charge in [-0.1, -0.05) is 12.8 Å².